The number of rotatable bonds is 5. The molecule has 2 aliphatic rings. The fraction of sp³-hybridized carbons (Fsp3) is 0.524. The second kappa shape index (κ2) is 8.39. The van der Waals surface area contributed by atoms with Gasteiger partial charge in [-0.2, -0.15) is 0 Å². The van der Waals surface area contributed by atoms with Gasteiger partial charge in [-0.05, 0) is 0 Å². The second-order valence-corrected chi connectivity index (χ2v) is 18.1. The molecule has 2 heterocycles. The molecule has 1 unspecified atom stereocenters. The molecular formula is C21H28ClIN2O2SeSi. The molecule has 0 saturated carbocycles. The van der Waals surface area contributed by atoms with Crippen LogP contribution in [0.5, 0.6) is 0 Å². The average molecular weight is 610 g/mol. The summed E-state index contributed by atoms with van der Waals surface area (Å²) in [4.78, 5) is 20.1. The van der Waals surface area contributed by atoms with Crippen LogP contribution in [0.1, 0.15) is 27.7 Å². The molecule has 0 bridgehead atoms. The molecule has 158 valence electrons. The van der Waals surface area contributed by atoms with Crippen molar-refractivity contribution in [3.05, 3.63) is 39.4 Å². The van der Waals surface area contributed by atoms with E-state index in [2.05, 4.69) is 70.0 Å². The van der Waals surface area contributed by atoms with Crippen molar-refractivity contribution >= 4 is 73.8 Å². The number of amides is 1. The van der Waals surface area contributed by atoms with Crippen molar-refractivity contribution in [2.75, 3.05) is 0 Å². The quantitative estimate of drug-likeness (QED) is 0.233. The summed E-state index contributed by atoms with van der Waals surface area (Å²) in [6.07, 6.45) is -0.103. The summed E-state index contributed by atoms with van der Waals surface area (Å²) < 4.78 is 8.57. The summed E-state index contributed by atoms with van der Waals surface area (Å²) in [6.45, 7) is 17.4. The van der Waals surface area contributed by atoms with Gasteiger partial charge in [0, 0.05) is 0 Å². The third-order valence-electron chi connectivity index (χ3n) is 6.09. The van der Waals surface area contributed by atoms with E-state index >= 15 is 0 Å². The molecule has 0 aliphatic carbocycles. The number of benzene rings is 1. The minimum atomic E-state index is -1.95. The number of fused-ring (bicyclic) bond motifs is 1. The van der Waals surface area contributed by atoms with Crippen molar-refractivity contribution < 1.29 is 9.22 Å². The van der Waals surface area contributed by atoms with Gasteiger partial charge in [-0.25, -0.2) is 0 Å². The first-order chi connectivity index (χ1) is 13.3. The summed E-state index contributed by atoms with van der Waals surface area (Å²) in [5, 5.41) is 0.792. The van der Waals surface area contributed by atoms with E-state index in [4.69, 9.17) is 21.0 Å². The van der Waals surface area contributed by atoms with Crippen molar-refractivity contribution in [2.45, 2.75) is 62.8 Å². The number of amidine groups is 1. The first-order valence-electron chi connectivity index (χ1n) is 9.69. The monoisotopic (exact) mass is 610 g/mol. The van der Waals surface area contributed by atoms with E-state index in [1.54, 1.807) is 0 Å². The van der Waals surface area contributed by atoms with E-state index in [9.17, 15) is 4.79 Å². The number of carbonyl (C=O) groups is 1. The van der Waals surface area contributed by atoms with Crippen molar-refractivity contribution in [3.8, 4) is 0 Å². The molecule has 1 aromatic rings. The zero-order chi connectivity index (χ0) is 21.7. The van der Waals surface area contributed by atoms with Crippen molar-refractivity contribution in [1.82, 2.24) is 4.90 Å². The fourth-order valence-electron chi connectivity index (χ4n) is 3.47. The molecule has 0 radical (unpaired) electrons. The molecule has 0 N–H and O–H groups in total. The normalized spacial score (nSPS) is 27.0. The van der Waals surface area contributed by atoms with Crippen LogP contribution < -0.4 is 0 Å². The molecule has 29 heavy (non-hydrogen) atoms. The summed E-state index contributed by atoms with van der Waals surface area (Å²) in [5.41, 5.74) is 0.826. The molecule has 4 atom stereocenters. The Labute approximate surface area is 199 Å². The van der Waals surface area contributed by atoms with Gasteiger partial charge in [0.1, 0.15) is 0 Å². The van der Waals surface area contributed by atoms with Crippen LogP contribution in [0.4, 0.5) is 5.69 Å². The van der Waals surface area contributed by atoms with Gasteiger partial charge in [0.15, 0.2) is 0 Å². The number of nitrogens with zero attached hydrogens (tertiary/aromatic N) is 2. The summed E-state index contributed by atoms with van der Waals surface area (Å²) >= 11 is 8.35. The second-order valence-electron chi connectivity index (χ2n) is 9.16. The molecule has 2 fully saturated rings. The molecular weight excluding hydrogens is 582 g/mol. The Bertz CT molecular complexity index is 853. The van der Waals surface area contributed by atoms with E-state index in [1.807, 2.05) is 29.2 Å². The minimum absolute atomic E-state index is 0.0592. The number of halogens is 2. The van der Waals surface area contributed by atoms with E-state index < -0.39 is 8.32 Å². The van der Waals surface area contributed by atoms with Gasteiger partial charge < -0.3 is 0 Å². The maximum atomic E-state index is 13.2. The van der Waals surface area contributed by atoms with Crippen LogP contribution in [-0.4, -0.2) is 51.0 Å². The van der Waals surface area contributed by atoms with Gasteiger partial charge in [-0.3, -0.25) is 0 Å². The maximum absolute atomic E-state index is 13.2. The van der Waals surface area contributed by atoms with Crippen molar-refractivity contribution in [3.63, 3.8) is 0 Å². The van der Waals surface area contributed by atoms with E-state index in [1.165, 1.54) is 0 Å². The van der Waals surface area contributed by atoms with E-state index in [0.717, 1.165) is 14.0 Å². The van der Waals surface area contributed by atoms with E-state index in [-0.39, 0.29) is 48.8 Å². The van der Waals surface area contributed by atoms with E-state index in [0.29, 0.717) is 5.02 Å². The average Bonchev–Trinajstić information content (AvgIpc) is 2.89. The Hall–Kier alpha value is -0.184. The Balaban J connectivity index is 1.85. The molecule has 1 amide bonds. The number of carbonyl (C=O) groups excluding carboxylic acids is 1. The number of hydrogen-bond donors (Lipinski definition) is 0. The fourth-order valence-corrected chi connectivity index (χ4v) is 8.71. The molecule has 3 rings (SSSR count). The Morgan fingerprint density at radius 1 is 1.34 bits per heavy atom. The van der Waals surface area contributed by atoms with Crippen LogP contribution in [0, 0.1) is 5.92 Å². The van der Waals surface area contributed by atoms with Crippen LogP contribution in [0.3, 0.4) is 0 Å². The Morgan fingerprint density at radius 2 is 1.93 bits per heavy atom. The topological polar surface area (TPSA) is 41.9 Å². The van der Waals surface area contributed by atoms with Gasteiger partial charge in [-0.1, -0.05) is 0 Å². The molecule has 2 saturated heterocycles. The first-order valence-corrected chi connectivity index (χ1v) is 15.9. The van der Waals surface area contributed by atoms with Gasteiger partial charge in [-0.15, -0.1) is 0 Å². The third-order valence-corrected chi connectivity index (χ3v) is 15.3. The van der Waals surface area contributed by atoms with Gasteiger partial charge in [0.05, 0.1) is 0 Å². The molecule has 1 aromatic carbocycles. The predicted octanol–water partition coefficient (Wildman–Crippen LogP) is 6.02. The standard InChI is InChI=1S/C21H28ClIN2O2SeSi/c1-12(23)18-17-16(13(2)27-29(6,7)21(3,4)5)19(26)25(17)20(28-18)24-15-10-8-14(22)9-11-15/h8-11,13,16-18H,1H2,2-7H3/t13-,16-,17+,18?/m1/s1. The third kappa shape index (κ3) is 4.55. The summed E-state index contributed by atoms with van der Waals surface area (Å²) in [7, 11) is -1.95. The molecule has 0 spiro atoms. The van der Waals surface area contributed by atoms with Crippen molar-refractivity contribution in [2.24, 2.45) is 10.9 Å². The molecule has 8 heteroatoms. The first kappa shape index (κ1) is 23.5. The summed E-state index contributed by atoms with van der Waals surface area (Å²) in [5.74, 6) is 0.0105. The SMILES string of the molecule is C=C(I)C1[Se]C(=Nc2ccc(Cl)cc2)N2C(=O)[C@H]([C@@H](C)O[Si](C)(C)C(C)(C)C)[C@@H]12. The number of aliphatic imine (C=N–C) groups is 1. The van der Waals surface area contributed by atoms with Crippen molar-refractivity contribution in [1.29, 1.82) is 0 Å². The van der Waals surface area contributed by atoms with Crippen LogP contribution in [0.2, 0.25) is 28.0 Å². The Morgan fingerprint density at radius 3 is 2.45 bits per heavy atom. The van der Waals surface area contributed by atoms with Crippen LogP contribution in [0.15, 0.2) is 39.4 Å². The zero-order valence-electron chi connectivity index (χ0n) is 17.7. The predicted molar refractivity (Wildman–Crippen MR) is 133 cm³/mol. The zero-order valence-corrected chi connectivity index (χ0v) is 23.3. The van der Waals surface area contributed by atoms with Gasteiger partial charge >= 0.3 is 201 Å². The molecule has 0 aromatic heterocycles. The molecule has 4 nitrogen and oxygen atoms in total. The van der Waals surface area contributed by atoms with Gasteiger partial charge in [0.2, 0.25) is 0 Å². The molecule has 2 aliphatic heterocycles. The van der Waals surface area contributed by atoms with Gasteiger partial charge in [0.25, 0.3) is 0 Å². The number of hydrogen-bond acceptors (Lipinski definition) is 3. The Kier molecular flexibility index (Phi) is 6.80. The number of β-lactam (4-membered cyclic amide) rings is 1. The van der Waals surface area contributed by atoms with Crippen LogP contribution >= 0.6 is 34.2 Å². The van der Waals surface area contributed by atoms with Crippen LogP contribution in [-0.2, 0) is 9.22 Å². The summed E-state index contributed by atoms with van der Waals surface area (Å²) in [6, 6.07) is 7.53. The van der Waals surface area contributed by atoms with Crippen LogP contribution in [0.25, 0.3) is 0 Å².